The Morgan fingerprint density at radius 2 is 1.95 bits per heavy atom. The summed E-state index contributed by atoms with van der Waals surface area (Å²) in [6.07, 6.45) is 0. The van der Waals surface area contributed by atoms with Crippen molar-refractivity contribution in [2.75, 3.05) is 26.2 Å². The van der Waals surface area contributed by atoms with Crippen molar-refractivity contribution >= 4 is 28.8 Å². The van der Waals surface area contributed by atoms with E-state index in [0.717, 1.165) is 37.1 Å². The number of halogens is 1. The van der Waals surface area contributed by atoms with Crippen LogP contribution in [0, 0.1) is 5.41 Å². The lowest BCUT2D eigenvalue weighted by Crippen LogP contribution is -2.55. The molecule has 6 heteroatoms. The van der Waals surface area contributed by atoms with E-state index in [2.05, 4.69) is 11.0 Å². The van der Waals surface area contributed by atoms with Gasteiger partial charge in [-0.2, -0.15) is 0 Å². The maximum Gasteiger partial charge on any atom is 0.240 e. The van der Waals surface area contributed by atoms with E-state index in [1.807, 2.05) is 31.7 Å². The van der Waals surface area contributed by atoms with Crippen molar-refractivity contribution in [2.45, 2.75) is 33.4 Å². The predicted octanol–water partition coefficient (Wildman–Crippen LogP) is 2.42. The Morgan fingerprint density at radius 3 is 2.43 bits per heavy atom. The second-order valence-corrected chi connectivity index (χ2v) is 8.45. The van der Waals surface area contributed by atoms with E-state index in [9.17, 15) is 4.79 Å². The lowest BCUT2D eigenvalue weighted by molar-refractivity contribution is -0.136. The number of carbonyl (C=O) groups is 1. The molecule has 1 saturated heterocycles. The summed E-state index contributed by atoms with van der Waals surface area (Å²) in [5.74, 6) is 0.0707. The van der Waals surface area contributed by atoms with Crippen LogP contribution >= 0.6 is 22.9 Å². The van der Waals surface area contributed by atoms with E-state index in [0.29, 0.717) is 0 Å². The lowest BCUT2D eigenvalue weighted by Gasteiger charge is -2.38. The molecular formula is C15H24ClN3OS. The molecule has 0 aliphatic carbocycles. The minimum atomic E-state index is -0.430. The Bertz CT molecular complexity index is 489. The van der Waals surface area contributed by atoms with Gasteiger partial charge in [-0.25, -0.2) is 0 Å². The zero-order chi connectivity index (χ0) is 15.6. The quantitative estimate of drug-likeness (QED) is 0.926. The van der Waals surface area contributed by atoms with Crippen LogP contribution in [-0.2, 0) is 11.3 Å². The Morgan fingerprint density at radius 1 is 1.33 bits per heavy atom. The van der Waals surface area contributed by atoms with Crippen LogP contribution in [0.2, 0.25) is 4.34 Å². The average Bonchev–Trinajstić information content (AvgIpc) is 2.82. The summed E-state index contributed by atoms with van der Waals surface area (Å²) in [4.78, 5) is 17.9. The minimum absolute atomic E-state index is 0.0707. The van der Waals surface area contributed by atoms with Gasteiger partial charge in [-0.3, -0.25) is 9.69 Å². The van der Waals surface area contributed by atoms with Gasteiger partial charge < -0.3 is 10.6 Å². The summed E-state index contributed by atoms with van der Waals surface area (Å²) in [6, 6.07) is 3.57. The van der Waals surface area contributed by atoms with Crippen molar-refractivity contribution in [3.05, 3.63) is 21.3 Å². The summed E-state index contributed by atoms with van der Waals surface area (Å²) >= 11 is 7.57. The molecule has 118 valence electrons. The molecule has 0 radical (unpaired) electrons. The maximum absolute atomic E-state index is 12.4. The van der Waals surface area contributed by atoms with Crippen LogP contribution in [0.4, 0.5) is 0 Å². The van der Waals surface area contributed by atoms with Crippen LogP contribution < -0.4 is 5.73 Å². The van der Waals surface area contributed by atoms with E-state index in [-0.39, 0.29) is 11.3 Å². The predicted molar refractivity (Wildman–Crippen MR) is 88.6 cm³/mol. The molecule has 0 bridgehead atoms. The summed E-state index contributed by atoms with van der Waals surface area (Å²) in [5, 5.41) is 0. The zero-order valence-corrected chi connectivity index (χ0v) is 14.5. The highest BCUT2D eigenvalue weighted by Gasteiger charge is 2.32. The molecule has 0 aromatic carbocycles. The van der Waals surface area contributed by atoms with E-state index < -0.39 is 6.04 Å². The number of hydrogen-bond acceptors (Lipinski definition) is 4. The molecule has 1 aliphatic heterocycles. The van der Waals surface area contributed by atoms with E-state index in [1.165, 1.54) is 4.88 Å². The van der Waals surface area contributed by atoms with Gasteiger partial charge in [0.1, 0.15) is 0 Å². The molecule has 1 aromatic rings. The van der Waals surface area contributed by atoms with E-state index in [4.69, 9.17) is 17.3 Å². The number of carbonyl (C=O) groups excluding carboxylic acids is 1. The third-order valence-electron chi connectivity index (χ3n) is 3.89. The van der Waals surface area contributed by atoms with Crippen molar-refractivity contribution in [1.82, 2.24) is 9.80 Å². The molecule has 1 amide bonds. The van der Waals surface area contributed by atoms with Crippen LogP contribution in [0.3, 0.4) is 0 Å². The summed E-state index contributed by atoms with van der Waals surface area (Å²) in [7, 11) is 0. The number of nitrogens with two attached hydrogens (primary N) is 1. The lowest BCUT2D eigenvalue weighted by atomic mass is 9.86. The molecule has 1 fully saturated rings. The number of nitrogens with zero attached hydrogens (tertiary/aromatic N) is 2. The fraction of sp³-hybridized carbons (Fsp3) is 0.667. The highest BCUT2D eigenvalue weighted by atomic mass is 35.5. The third kappa shape index (κ3) is 4.42. The van der Waals surface area contributed by atoms with Crippen molar-refractivity contribution in [3.63, 3.8) is 0 Å². The van der Waals surface area contributed by atoms with Gasteiger partial charge in [0.05, 0.1) is 10.4 Å². The second kappa shape index (κ2) is 6.65. The molecule has 4 nitrogen and oxygen atoms in total. The summed E-state index contributed by atoms with van der Waals surface area (Å²) < 4.78 is 0.829. The molecule has 1 atom stereocenters. The fourth-order valence-electron chi connectivity index (χ4n) is 2.35. The number of amides is 1. The SMILES string of the molecule is CC(C)(C)C(N)C(=O)N1CCN(Cc2ccc(Cl)s2)CC1. The van der Waals surface area contributed by atoms with Crippen LogP contribution in [-0.4, -0.2) is 47.9 Å². The standard InChI is InChI=1S/C15H24ClN3OS/c1-15(2,3)13(17)14(20)19-8-6-18(7-9-19)10-11-4-5-12(16)21-11/h4-5,13H,6-10,17H2,1-3H3. The first-order chi connectivity index (χ1) is 9.77. The number of piperazine rings is 1. The minimum Gasteiger partial charge on any atom is -0.339 e. The number of hydrogen-bond donors (Lipinski definition) is 1. The normalized spacial score (nSPS) is 18.8. The van der Waals surface area contributed by atoms with Gasteiger partial charge in [0.2, 0.25) is 5.91 Å². The molecule has 0 saturated carbocycles. The Kier molecular flexibility index (Phi) is 5.30. The molecule has 21 heavy (non-hydrogen) atoms. The molecule has 2 heterocycles. The molecule has 2 rings (SSSR count). The van der Waals surface area contributed by atoms with Crippen molar-refractivity contribution in [1.29, 1.82) is 0 Å². The Hall–Kier alpha value is -0.620. The van der Waals surface area contributed by atoms with E-state index in [1.54, 1.807) is 11.3 Å². The van der Waals surface area contributed by atoms with Crippen molar-refractivity contribution in [3.8, 4) is 0 Å². The Balaban J connectivity index is 1.84. The highest BCUT2D eigenvalue weighted by Crippen LogP contribution is 2.23. The average molecular weight is 330 g/mol. The van der Waals surface area contributed by atoms with Crippen LogP contribution in [0.15, 0.2) is 12.1 Å². The van der Waals surface area contributed by atoms with Crippen LogP contribution in [0.25, 0.3) is 0 Å². The smallest absolute Gasteiger partial charge is 0.240 e. The molecule has 1 aromatic heterocycles. The number of rotatable bonds is 3. The Labute approximate surface area is 135 Å². The summed E-state index contributed by atoms with van der Waals surface area (Å²) in [6.45, 7) is 10.2. The first-order valence-electron chi connectivity index (χ1n) is 7.28. The van der Waals surface area contributed by atoms with E-state index >= 15 is 0 Å². The largest absolute Gasteiger partial charge is 0.339 e. The monoisotopic (exact) mass is 329 g/mol. The van der Waals surface area contributed by atoms with Gasteiger partial charge in [-0.15, -0.1) is 11.3 Å². The highest BCUT2D eigenvalue weighted by molar-refractivity contribution is 7.16. The van der Waals surface area contributed by atoms with Gasteiger partial charge in [-0.05, 0) is 17.5 Å². The molecule has 0 spiro atoms. The van der Waals surface area contributed by atoms with Gasteiger partial charge in [0.15, 0.2) is 0 Å². The van der Waals surface area contributed by atoms with Crippen molar-refractivity contribution < 1.29 is 4.79 Å². The fourth-order valence-corrected chi connectivity index (χ4v) is 3.48. The van der Waals surface area contributed by atoms with Gasteiger partial charge in [0, 0.05) is 37.6 Å². The van der Waals surface area contributed by atoms with Crippen LogP contribution in [0.1, 0.15) is 25.6 Å². The van der Waals surface area contributed by atoms with Crippen LogP contribution in [0.5, 0.6) is 0 Å². The molecule has 1 aliphatic rings. The third-order valence-corrected chi connectivity index (χ3v) is 5.11. The topological polar surface area (TPSA) is 49.6 Å². The molecule has 1 unspecified atom stereocenters. The van der Waals surface area contributed by atoms with Gasteiger partial charge in [-0.1, -0.05) is 32.4 Å². The first-order valence-corrected chi connectivity index (χ1v) is 8.48. The molecular weight excluding hydrogens is 306 g/mol. The number of thiophene rings is 1. The van der Waals surface area contributed by atoms with Gasteiger partial charge in [0.25, 0.3) is 0 Å². The first kappa shape index (κ1) is 16.7. The van der Waals surface area contributed by atoms with Crippen molar-refractivity contribution in [2.24, 2.45) is 11.1 Å². The molecule has 2 N–H and O–H groups in total. The summed E-state index contributed by atoms with van der Waals surface area (Å²) in [5.41, 5.74) is 5.88. The second-order valence-electron chi connectivity index (χ2n) is 6.65. The maximum atomic E-state index is 12.4. The zero-order valence-electron chi connectivity index (χ0n) is 12.9. The van der Waals surface area contributed by atoms with Gasteiger partial charge >= 0.3 is 0 Å².